The predicted molar refractivity (Wildman–Crippen MR) is 79.3 cm³/mol. The molecule has 0 radical (unpaired) electrons. The standard InChI is InChI=1S/C15H19NO4S/c1-12-7-9-16(10-8-12)21(18,19)14-5-3-13(4-6-14)11-15(17)20-2/h3-7H,8-11H2,1-2H3. The molecule has 114 valence electrons. The summed E-state index contributed by atoms with van der Waals surface area (Å²) >= 11 is 0. The fourth-order valence-electron chi connectivity index (χ4n) is 2.14. The number of rotatable bonds is 4. The molecular weight excluding hydrogens is 290 g/mol. The summed E-state index contributed by atoms with van der Waals surface area (Å²) in [4.78, 5) is 11.4. The molecule has 5 nitrogen and oxygen atoms in total. The van der Waals surface area contributed by atoms with E-state index in [0.717, 1.165) is 12.0 Å². The van der Waals surface area contributed by atoms with Crippen LogP contribution >= 0.6 is 0 Å². The van der Waals surface area contributed by atoms with Crippen molar-refractivity contribution in [2.75, 3.05) is 20.2 Å². The van der Waals surface area contributed by atoms with Crippen molar-refractivity contribution in [3.63, 3.8) is 0 Å². The molecule has 0 fully saturated rings. The number of methoxy groups -OCH3 is 1. The first kappa shape index (κ1) is 15.7. The summed E-state index contributed by atoms with van der Waals surface area (Å²) in [5.41, 5.74) is 1.95. The Morgan fingerprint density at radius 2 is 1.95 bits per heavy atom. The van der Waals surface area contributed by atoms with Gasteiger partial charge in [-0.2, -0.15) is 4.31 Å². The van der Waals surface area contributed by atoms with Gasteiger partial charge in [-0.3, -0.25) is 4.79 Å². The van der Waals surface area contributed by atoms with E-state index in [-0.39, 0.29) is 17.3 Å². The highest BCUT2D eigenvalue weighted by Gasteiger charge is 2.25. The molecule has 1 aromatic rings. The van der Waals surface area contributed by atoms with Crippen molar-refractivity contribution in [2.24, 2.45) is 0 Å². The highest BCUT2D eigenvalue weighted by molar-refractivity contribution is 7.89. The average Bonchev–Trinajstić information content (AvgIpc) is 2.48. The van der Waals surface area contributed by atoms with Crippen LogP contribution in [0.5, 0.6) is 0 Å². The highest BCUT2D eigenvalue weighted by atomic mass is 32.2. The molecule has 0 saturated carbocycles. The predicted octanol–water partition coefficient (Wildman–Crippen LogP) is 1.74. The maximum atomic E-state index is 12.5. The number of sulfonamides is 1. The van der Waals surface area contributed by atoms with Gasteiger partial charge in [0.2, 0.25) is 10.0 Å². The molecule has 0 saturated heterocycles. The van der Waals surface area contributed by atoms with Gasteiger partial charge < -0.3 is 4.74 Å². The molecule has 1 aromatic carbocycles. The van der Waals surface area contributed by atoms with Crippen molar-refractivity contribution in [2.45, 2.75) is 24.7 Å². The van der Waals surface area contributed by atoms with Crippen molar-refractivity contribution < 1.29 is 17.9 Å². The highest BCUT2D eigenvalue weighted by Crippen LogP contribution is 2.20. The van der Waals surface area contributed by atoms with Crippen LogP contribution in [0.4, 0.5) is 0 Å². The van der Waals surface area contributed by atoms with Gasteiger partial charge in [-0.1, -0.05) is 23.8 Å². The molecule has 6 heteroatoms. The van der Waals surface area contributed by atoms with Crippen LogP contribution in [0.2, 0.25) is 0 Å². The molecule has 0 amide bonds. The van der Waals surface area contributed by atoms with E-state index in [4.69, 9.17) is 0 Å². The van der Waals surface area contributed by atoms with E-state index in [0.29, 0.717) is 13.1 Å². The molecule has 2 rings (SSSR count). The smallest absolute Gasteiger partial charge is 0.309 e. The second kappa shape index (κ2) is 6.41. The summed E-state index contributed by atoms with van der Waals surface area (Å²) in [5, 5.41) is 0. The van der Waals surface area contributed by atoms with Crippen molar-refractivity contribution in [3.05, 3.63) is 41.5 Å². The monoisotopic (exact) mass is 309 g/mol. The molecular formula is C15H19NO4S. The number of carbonyl (C=O) groups excluding carboxylic acids is 1. The van der Waals surface area contributed by atoms with Crippen molar-refractivity contribution in [3.8, 4) is 0 Å². The number of hydrogen-bond donors (Lipinski definition) is 0. The normalized spacial score (nSPS) is 16.4. The lowest BCUT2D eigenvalue weighted by atomic mass is 10.1. The Balaban J connectivity index is 2.16. The molecule has 0 spiro atoms. The van der Waals surface area contributed by atoms with Crippen LogP contribution in [-0.4, -0.2) is 38.9 Å². The van der Waals surface area contributed by atoms with E-state index in [9.17, 15) is 13.2 Å². The minimum Gasteiger partial charge on any atom is -0.469 e. The second-order valence-electron chi connectivity index (χ2n) is 5.06. The summed E-state index contributed by atoms with van der Waals surface area (Å²) < 4.78 is 31.0. The van der Waals surface area contributed by atoms with Crippen LogP contribution in [0.15, 0.2) is 40.8 Å². The molecule has 1 heterocycles. The van der Waals surface area contributed by atoms with Gasteiger partial charge in [-0.15, -0.1) is 0 Å². The van der Waals surface area contributed by atoms with Crippen LogP contribution in [0.25, 0.3) is 0 Å². The first-order valence-electron chi connectivity index (χ1n) is 6.75. The zero-order valence-corrected chi connectivity index (χ0v) is 13.0. The van der Waals surface area contributed by atoms with Crippen LogP contribution < -0.4 is 0 Å². The van der Waals surface area contributed by atoms with E-state index in [2.05, 4.69) is 4.74 Å². The van der Waals surface area contributed by atoms with E-state index in [1.54, 1.807) is 24.3 Å². The lowest BCUT2D eigenvalue weighted by Gasteiger charge is -2.24. The lowest BCUT2D eigenvalue weighted by molar-refractivity contribution is -0.139. The van der Waals surface area contributed by atoms with Crippen molar-refractivity contribution in [1.29, 1.82) is 0 Å². The number of esters is 1. The molecule has 0 unspecified atom stereocenters. The summed E-state index contributed by atoms with van der Waals surface area (Å²) in [5.74, 6) is -0.345. The zero-order valence-electron chi connectivity index (χ0n) is 12.2. The van der Waals surface area contributed by atoms with Gasteiger partial charge in [0.1, 0.15) is 0 Å². The zero-order chi connectivity index (χ0) is 15.5. The van der Waals surface area contributed by atoms with Gasteiger partial charge in [-0.25, -0.2) is 8.42 Å². The summed E-state index contributed by atoms with van der Waals surface area (Å²) in [6, 6.07) is 6.38. The third kappa shape index (κ3) is 3.71. The molecule has 0 aliphatic carbocycles. The van der Waals surface area contributed by atoms with Gasteiger partial charge in [0, 0.05) is 13.1 Å². The molecule has 0 N–H and O–H groups in total. The lowest BCUT2D eigenvalue weighted by Crippen LogP contribution is -2.34. The van der Waals surface area contributed by atoms with Gasteiger partial charge in [0.05, 0.1) is 18.4 Å². The maximum absolute atomic E-state index is 12.5. The Labute approximate surface area is 125 Å². The Bertz CT molecular complexity index is 647. The SMILES string of the molecule is COC(=O)Cc1ccc(S(=O)(=O)N2CC=C(C)CC2)cc1. The third-order valence-corrected chi connectivity index (χ3v) is 5.42. The number of hydrogen-bond acceptors (Lipinski definition) is 4. The molecule has 21 heavy (non-hydrogen) atoms. The number of ether oxygens (including phenoxy) is 1. The Hall–Kier alpha value is -1.66. The van der Waals surface area contributed by atoms with E-state index in [1.807, 2.05) is 13.0 Å². The average molecular weight is 309 g/mol. The fraction of sp³-hybridized carbons (Fsp3) is 0.400. The molecule has 0 atom stereocenters. The molecule has 1 aliphatic rings. The Kier molecular flexibility index (Phi) is 4.80. The second-order valence-corrected chi connectivity index (χ2v) is 7.00. The van der Waals surface area contributed by atoms with Gasteiger partial charge in [-0.05, 0) is 31.0 Å². The molecule has 1 aliphatic heterocycles. The first-order chi connectivity index (χ1) is 9.93. The quantitative estimate of drug-likeness (QED) is 0.628. The summed E-state index contributed by atoms with van der Waals surface area (Å²) in [7, 11) is -2.14. The van der Waals surface area contributed by atoms with E-state index >= 15 is 0 Å². The third-order valence-electron chi connectivity index (χ3n) is 3.54. The number of carbonyl (C=O) groups is 1. The van der Waals surface area contributed by atoms with Gasteiger partial charge >= 0.3 is 5.97 Å². The van der Waals surface area contributed by atoms with Crippen LogP contribution in [-0.2, 0) is 26.0 Å². The largest absolute Gasteiger partial charge is 0.469 e. The number of benzene rings is 1. The minimum atomic E-state index is -3.46. The summed E-state index contributed by atoms with van der Waals surface area (Å²) in [6.07, 6.45) is 2.84. The van der Waals surface area contributed by atoms with Crippen molar-refractivity contribution >= 4 is 16.0 Å². The molecule has 0 bridgehead atoms. The molecule has 0 aromatic heterocycles. The maximum Gasteiger partial charge on any atom is 0.309 e. The fourth-order valence-corrected chi connectivity index (χ4v) is 3.52. The van der Waals surface area contributed by atoms with E-state index < -0.39 is 10.0 Å². The van der Waals surface area contributed by atoms with Gasteiger partial charge in [0.25, 0.3) is 0 Å². The van der Waals surface area contributed by atoms with E-state index in [1.165, 1.54) is 17.0 Å². The minimum absolute atomic E-state index is 0.141. The van der Waals surface area contributed by atoms with Crippen LogP contribution in [0.3, 0.4) is 0 Å². The summed E-state index contributed by atoms with van der Waals surface area (Å²) in [6.45, 7) is 2.93. The van der Waals surface area contributed by atoms with Crippen LogP contribution in [0, 0.1) is 0 Å². The Morgan fingerprint density at radius 3 is 2.48 bits per heavy atom. The Morgan fingerprint density at radius 1 is 1.29 bits per heavy atom. The topological polar surface area (TPSA) is 63.7 Å². The first-order valence-corrected chi connectivity index (χ1v) is 8.19. The van der Waals surface area contributed by atoms with Crippen LogP contribution in [0.1, 0.15) is 18.9 Å². The van der Waals surface area contributed by atoms with Gasteiger partial charge in [0.15, 0.2) is 0 Å². The number of nitrogens with zero attached hydrogens (tertiary/aromatic N) is 1. The van der Waals surface area contributed by atoms with Crippen molar-refractivity contribution in [1.82, 2.24) is 4.31 Å².